The summed E-state index contributed by atoms with van der Waals surface area (Å²) in [6, 6.07) is 5.41. The van der Waals surface area contributed by atoms with E-state index < -0.39 is 0 Å². The molecule has 0 radical (unpaired) electrons. The quantitative estimate of drug-likeness (QED) is 0.664. The van der Waals surface area contributed by atoms with E-state index in [2.05, 4.69) is 15.5 Å². The number of hydrogen-bond donors (Lipinski definition) is 1. The van der Waals surface area contributed by atoms with Gasteiger partial charge < -0.3 is 19.7 Å². The Balaban J connectivity index is 1.35. The SMILES string of the molecule is COc1ccc(CCNC(=O)C2CCCN2c2nnc(N3CCCC3=O)s2)c(OC)c1. The van der Waals surface area contributed by atoms with Crippen LogP contribution < -0.4 is 24.6 Å². The van der Waals surface area contributed by atoms with Crippen LogP contribution in [0.5, 0.6) is 11.5 Å². The van der Waals surface area contributed by atoms with Crippen LogP contribution in [0.1, 0.15) is 31.2 Å². The van der Waals surface area contributed by atoms with Gasteiger partial charge in [0.05, 0.1) is 14.2 Å². The zero-order valence-electron chi connectivity index (χ0n) is 17.8. The minimum Gasteiger partial charge on any atom is -0.497 e. The molecule has 31 heavy (non-hydrogen) atoms. The van der Waals surface area contributed by atoms with Gasteiger partial charge in [-0.15, -0.1) is 10.2 Å². The van der Waals surface area contributed by atoms with E-state index in [1.54, 1.807) is 19.1 Å². The van der Waals surface area contributed by atoms with Crippen LogP contribution in [0.25, 0.3) is 0 Å². The third-order valence-corrected chi connectivity index (χ3v) is 6.68. The Kier molecular flexibility index (Phi) is 6.55. The summed E-state index contributed by atoms with van der Waals surface area (Å²) >= 11 is 1.38. The van der Waals surface area contributed by atoms with E-state index in [1.165, 1.54) is 11.3 Å². The number of aromatic nitrogens is 2. The molecule has 0 bridgehead atoms. The lowest BCUT2D eigenvalue weighted by Crippen LogP contribution is -2.44. The molecule has 0 saturated carbocycles. The Bertz CT molecular complexity index is 950. The zero-order valence-corrected chi connectivity index (χ0v) is 18.6. The van der Waals surface area contributed by atoms with Crippen molar-refractivity contribution in [2.24, 2.45) is 0 Å². The van der Waals surface area contributed by atoms with Crippen molar-refractivity contribution in [3.8, 4) is 11.5 Å². The van der Waals surface area contributed by atoms with Crippen molar-refractivity contribution in [1.29, 1.82) is 0 Å². The van der Waals surface area contributed by atoms with Crippen LogP contribution in [0.3, 0.4) is 0 Å². The van der Waals surface area contributed by atoms with Gasteiger partial charge in [0, 0.05) is 32.1 Å². The number of carbonyl (C=O) groups excluding carboxylic acids is 2. The molecule has 1 unspecified atom stereocenters. The first-order valence-electron chi connectivity index (χ1n) is 10.5. The number of benzene rings is 1. The molecular formula is C21H27N5O4S. The molecule has 166 valence electrons. The van der Waals surface area contributed by atoms with E-state index in [-0.39, 0.29) is 17.9 Å². The second kappa shape index (κ2) is 9.51. The van der Waals surface area contributed by atoms with Crippen LogP contribution in [0.4, 0.5) is 10.3 Å². The largest absolute Gasteiger partial charge is 0.497 e. The molecule has 1 atom stereocenters. The molecule has 1 aromatic heterocycles. The summed E-state index contributed by atoms with van der Waals surface area (Å²) in [6.07, 6.45) is 3.76. The molecule has 2 aliphatic rings. The highest BCUT2D eigenvalue weighted by Crippen LogP contribution is 2.33. The van der Waals surface area contributed by atoms with Gasteiger partial charge in [-0.2, -0.15) is 0 Å². The van der Waals surface area contributed by atoms with Crippen molar-refractivity contribution in [2.75, 3.05) is 43.7 Å². The van der Waals surface area contributed by atoms with Gasteiger partial charge in [0.25, 0.3) is 0 Å². The maximum atomic E-state index is 12.9. The standard InChI is InChI=1S/C21H27N5O4S/c1-29-15-8-7-14(17(13-15)30-2)9-10-22-19(28)16-5-3-11-25(16)20-23-24-21(31-20)26-12-4-6-18(26)27/h7-8,13,16H,3-6,9-12H2,1-2H3,(H,22,28). The molecular weight excluding hydrogens is 418 g/mol. The summed E-state index contributed by atoms with van der Waals surface area (Å²) in [7, 11) is 3.24. The molecule has 1 aromatic carbocycles. The predicted molar refractivity (Wildman–Crippen MR) is 118 cm³/mol. The van der Waals surface area contributed by atoms with Crippen molar-refractivity contribution >= 4 is 33.4 Å². The van der Waals surface area contributed by atoms with Crippen molar-refractivity contribution in [3.05, 3.63) is 23.8 Å². The zero-order chi connectivity index (χ0) is 21.8. The fraction of sp³-hybridized carbons (Fsp3) is 0.524. The predicted octanol–water partition coefficient (Wildman–Crippen LogP) is 2.01. The number of ether oxygens (including phenoxy) is 2. The summed E-state index contributed by atoms with van der Waals surface area (Å²) in [6.45, 7) is 1.95. The fourth-order valence-corrected chi connectivity index (χ4v) is 5.01. The summed E-state index contributed by atoms with van der Waals surface area (Å²) in [5.74, 6) is 1.55. The van der Waals surface area contributed by atoms with E-state index >= 15 is 0 Å². The van der Waals surface area contributed by atoms with Crippen molar-refractivity contribution < 1.29 is 19.1 Å². The second-order valence-electron chi connectivity index (χ2n) is 7.59. The number of carbonyl (C=O) groups is 2. The third kappa shape index (κ3) is 4.58. The van der Waals surface area contributed by atoms with Crippen molar-refractivity contribution in [3.63, 3.8) is 0 Å². The van der Waals surface area contributed by atoms with Gasteiger partial charge in [-0.25, -0.2) is 0 Å². The monoisotopic (exact) mass is 445 g/mol. The van der Waals surface area contributed by atoms with E-state index in [4.69, 9.17) is 9.47 Å². The Labute approximate surface area is 185 Å². The van der Waals surface area contributed by atoms with E-state index in [9.17, 15) is 9.59 Å². The molecule has 9 nitrogen and oxygen atoms in total. The van der Waals surface area contributed by atoms with Gasteiger partial charge in [-0.05, 0) is 37.3 Å². The number of methoxy groups -OCH3 is 2. The van der Waals surface area contributed by atoms with Gasteiger partial charge in [-0.1, -0.05) is 17.4 Å². The average Bonchev–Trinajstić information content (AvgIpc) is 3.53. The van der Waals surface area contributed by atoms with Gasteiger partial charge >= 0.3 is 0 Å². The minimum atomic E-state index is -0.271. The number of nitrogens with one attached hydrogen (secondary N) is 1. The van der Waals surface area contributed by atoms with Gasteiger partial charge in [0.1, 0.15) is 17.5 Å². The van der Waals surface area contributed by atoms with Crippen LogP contribution in [0.2, 0.25) is 0 Å². The molecule has 0 spiro atoms. The molecule has 10 heteroatoms. The summed E-state index contributed by atoms with van der Waals surface area (Å²) in [4.78, 5) is 28.5. The number of rotatable bonds is 8. The molecule has 1 N–H and O–H groups in total. The highest BCUT2D eigenvalue weighted by atomic mass is 32.1. The van der Waals surface area contributed by atoms with Crippen molar-refractivity contribution in [1.82, 2.24) is 15.5 Å². The molecule has 4 rings (SSSR count). The Morgan fingerprint density at radius 2 is 2.03 bits per heavy atom. The summed E-state index contributed by atoms with van der Waals surface area (Å²) in [5, 5.41) is 12.8. The maximum absolute atomic E-state index is 12.9. The second-order valence-corrected chi connectivity index (χ2v) is 8.52. The normalized spacial score (nSPS) is 18.5. The van der Waals surface area contributed by atoms with Crippen LogP contribution in [0, 0.1) is 0 Å². The molecule has 2 amide bonds. The average molecular weight is 446 g/mol. The first-order chi connectivity index (χ1) is 15.1. The van der Waals surface area contributed by atoms with Gasteiger partial charge in [0.2, 0.25) is 22.1 Å². The highest BCUT2D eigenvalue weighted by molar-refractivity contribution is 7.19. The minimum absolute atomic E-state index is 0.0148. The first kappa shape index (κ1) is 21.4. The van der Waals surface area contributed by atoms with Gasteiger partial charge in [-0.3, -0.25) is 14.5 Å². The molecule has 0 aliphatic carbocycles. The third-order valence-electron chi connectivity index (χ3n) is 5.70. The molecule has 3 heterocycles. The Hall–Kier alpha value is -2.88. The van der Waals surface area contributed by atoms with Crippen LogP contribution in [0.15, 0.2) is 18.2 Å². The Morgan fingerprint density at radius 1 is 1.19 bits per heavy atom. The van der Waals surface area contributed by atoms with E-state index in [1.807, 2.05) is 23.1 Å². The smallest absolute Gasteiger partial charge is 0.242 e. The lowest BCUT2D eigenvalue weighted by molar-refractivity contribution is -0.122. The lowest BCUT2D eigenvalue weighted by Gasteiger charge is -2.22. The molecule has 2 aromatic rings. The van der Waals surface area contributed by atoms with Crippen LogP contribution in [-0.2, 0) is 16.0 Å². The Morgan fingerprint density at radius 3 is 2.77 bits per heavy atom. The number of amides is 2. The fourth-order valence-electron chi connectivity index (χ4n) is 4.05. The molecule has 2 saturated heterocycles. The van der Waals surface area contributed by atoms with Crippen molar-refractivity contribution in [2.45, 2.75) is 38.1 Å². The van der Waals surface area contributed by atoms with E-state index in [0.29, 0.717) is 36.2 Å². The molecule has 2 fully saturated rings. The molecule has 2 aliphatic heterocycles. The lowest BCUT2D eigenvalue weighted by atomic mass is 10.1. The van der Waals surface area contributed by atoms with Gasteiger partial charge in [0.15, 0.2) is 0 Å². The number of anilines is 2. The number of hydrogen-bond acceptors (Lipinski definition) is 8. The first-order valence-corrected chi connectivity index (χ1v) is 11.3. The maximum Gasteiger partial charge on any atom is 0.242 e. The summed E-state index contributed by atoms with van der Waals surface area (Å²) < 4.78 is 10.7. The van der Waals surface area contributed by atoms with Crippen LogP contribution in [-0.4, -0.2) is 61.9 Å². The topological polar surface area (TPSA) is 96.9 Å². The summed E-state index contributed by atoms with van der Waals surface area (Å²) in [5.41, 5.74) is 1.01. The number of nitrogens with zero attached hydrogens (tertiary/aromatic N) is 4. The van der Waals surface area contributed by atoms with Crippen LogP contribution >= 0.6 is 11.3 Å². The highest BCUT2D eigenvalue weighted by Gasteiger charge is 2.34. The van der Waals surface area contributed by atoms with E-state index in [0.717, 1.165) is 42.9 Å².